The first-order valence-corrected chi connectivity index (χ1v) is 7.02. The van der Waals surface area contributed by atoms with E-state index in [0.717, 1.165) is 21.8 Å². The third-order valence-electron chi connectivity index (χ3n) is 2.62. The van der Waals surface area contributed by atoms with E-state index in [2.05, 4.69) is 31.1 Å². The Kier molecular flexibility index (Phi) is 3.08. The lowest BCUT2D eigenvalue weighted by atomic mass is 10.2. The van der Waals surface area contributed by atoms with E-state index in [4.69, 9.17) is 5.73 Å². The number of halogens is 2. The molecule has 0 amide bonds. The number of H-pyrrole nitrogens is 1. The van der Waals surface area contributed by atoms with Gasteiger partial charge in [-0.1, -0.05) is 0 Å². The second-order valence-corrected chi connectivity index (χ2v) is 5.58. The normalized spacial score (nSPS) is 10.8. The highest BCUT2D eigenvalue weighted by Crippen LogP contribution is 2.32. The highest BCUT2D eigenvalue weighted by Gasteiger charge is 2.11. The Hall–Kier alpha value is -1.73. The van der Waals surface area contributed by atoms with Crippen LogP contribution in [0, 0.1) is 5.82 Å². The average Bonchev–Trinajstić information content (AvgIpc) is 3.01. The molecule has 0 spiro atoms. The van der Waals surface area contributed by atoms with Crippen LogP contribution in [0.25, 0.3) is 21.8 Å². The minimum Gasteiger partial charge on any atom is -0.383 e. The molecule has 0 bridgehead atoms. The zero-order chi connectivity index (χ0) is 13.4. The summed E-state index contributed by atoms with van der Waals surface area (Å²) in [5.41, 5.74) is 8.16. The molecule has 3 N–H and O–H groups in total. The van der Waals surface area contributed by atoms with Crippen molar-refractivity contribution in [3.8, 4) is 21.8 Å². The van der Waals surface area contributed by atoms with Crippen LogP contribution in [0.15, 0.2) is 34.2 Å². The summed E-state index contributed by atoms with van der Waals surface area (Å²) < 4.78 is 13.6. The van der Waals surface area contributed by atoms with Crippen LogP contribution < -0.4 is 5.73 Å². The third-order valence-corrected chi connectivity index (χ3v) is 4.10. The number of hydrogen-bond donors (Lipinski definition) is 2. The van der Waals surface area contributed by atoms with E-state index in [9.17, 15) is 4.39 Å². The predicted octanol–water partition coefficient (Wildman–Crippen LogP) is 3.68. The first-order chi connectivity index (χ1) is 9.15. The Morgan fingerprint density at radius 2 is 2.21 bits per heavy atom. The monoisotopic (exact) mass is 338 g/mol. The van der Waals surface area contributed by atoms with E-state index >= 15 is 0 Å². The predicted molar refractivity (Wildman–Crippen MR) is 77.2 cm³/mol. The Balaban J connectivity index is 2.01. The lowest BCUT2D eigenvalue weighted by Crippen LogP contribution is -1.87. The van der Waals surface area contributed by atoms with Crippen molar-refractivity contribution in [2.24, 2.45) is 0 Å². The molecule has 0 atom stereocenters. The second kappa shape index (κ2) is 4.75. The molecule has 0 saturated carbocycles. The summed E-state index contributed by atoms with van der Waals surface area (Å²) in [6.07, 6.45) is 1.64. The molecule has 0 aliphatic carbocycles. The van der Waals surface area contributed by atoms with Crippen molar-refractivity contribution in [2.45, 2.75) is 0 Å². The van der Waals surface area contributed by atoms with Gasteiger partial charge in [0, 0.05) is 10.9 Å². The molecule has 3 rings (SSSR count). The number of rotatable bonds is 2. The molecule has 3 aromatic rings. The van der Waals surface area contributed by atoms with E-state index in [1.807, 2.05) is 5.38 Å². The maximum Gasteiger partial charge on any atom is 0.137 e. The van der Waals surface area contributed by atoms with Crippen molar-refractivity contribution in [1.82, 2.24) is 15.2 Å². The van der Waals surface area contributed by atoms with E-state index < -0.39 is 0 Å². The zero-order valence-corrected chi connectivity index (χ0v) is 11.9. The van der Waals surface area contributed by atoms with Gasteiger partial charge in [-0.05, 0) is 34.1 Å². The highest BCUT2D eigenvalue weighted by atomic mass is 79.9. The van der Waals surface area contributed by atoms with Gasteiger partial charge >= 0.3 is 0 Å². The standard InChI is InChI=1S/C12H8BrFN4S/c13-8-3-6(1-2-9(8)14)10-5-19-12(17-10)7-4-16-18-11(7)15/h1-5H,(H3,15,16,18). The molecule has 0 aliphatic rings. The van der Waals surface area contributed by atoms with Crippen LogP contribution in [0.5, 0.6) is 0 Å². The number of nitrogens with zero attached hydrogens (tertiary/aromatic N) is 2. The van der Waals surface area contributed by atoms with Crippen LogP contribution in [0.3, 0.4) is 0 Å². The van der Waals surface area contributed by atoms with Crippen molar-refractivity contribution < 1.29 is 4.39 Å². The number of aromatic nitrogens is 3. The molecule has 2 heterocycles. The number of nitrogens with one attached hydrogen (secondary N) is 1. The fourth-order valence-corrected chi connectivity index (χ4v) is 2.88. The van der Waals surface area contributed by atoms with Crippen molar-refractivity contribution >= 4 is 33.1 Å². The number of nitrogens with two attached hydrogens (primary N) is 1. The fourth-order valence-electron chi connectivity index (χ4n) is 1.65. The van der Waals surface area contributed by atoms with E-state index in [0.29, 0.717) is 10.3 Å². The Bertz CT molecular complexity index is 737. The summed E-state index contributed by atoms with van der Waals surface area (Å²) >= 11 is 4.63. The SMILES string of the molecule is Nc1[nH]ncc1-c1nc(-c2ccc(F)c(Br)c2)cs1. The maximum atomic E-state index is 13.2. The molecule has 0 aliphatic heterocycles. The molecule has 0 saturated heterocycles. The number of benzene rings is 1. The molecule has 2 aromatic heterocycles. The summed E-state index contributed by atoms with van der Waals surface area (Å²) in [4.78, 5) is 4.49. The van der Waals surface area contributed by atoms with Crippen molar-refractivity contribution in [2.75, 3.05) is 5.73 Å². The van der Waals surface area contributed by atoms with Gasteiger partial charge in [-0.25, -0.2) is 9.37 Å². The van der Waals surface area contributed by atoms with Gasteiger partial charge in [0.25, 0.3) is 0 Å². The number of aromatic amines is 1. The van der Waals surface area contributed by atoms with Crippen molar-refractivity contribution in [3.05, 3.63) is 40.1 Å². The van der Waals surface area contributed by atoms with Gasteiger partial charge in [0.2, 0.25) is 0 Å². The number of anilines is 1. The molecule has 96 valence electrons. The zero-order valence-electron chi connectivity index (χ0n) is 9.52. The number of nitrogen functional groups attached to an aromatic ring is 1. The van der Waals surface area contributed by atoms with Crippen LogP contribution in [0.1, 0.15) is 0 Å². The first-order valence-electron chi connectivity index (χ1n) is 5.35. The molecule has 4 nitrogen and oxygen atoms in total. The van der Waals surface area contributed by atoms with Gasteiger partial charge in [-0.15, -0.1) is 11.3 Å². The topological polar surface area (TPSA) is 67.6 Å². The van der Waals surface area contributed by atoms with Crippen LogP contribution in [0.4, 0.5) is 10.2 Å². The fraction of sp³-hybridized carbons (Fsp3) is 0. The van der Waals surface area contributed by atoms with Crippen molar-refractivity contribution in [1.29, 1.82) is 0 Å². The molecule has 1 aromatic carbocycles. The summed E-state index contributed by atoms with van der Waals surface area (Å²) in [5.74, 6) is 0.194. The average molecular weight is 339 g/mol. The molecular formula is C12H8BrFN4S. The third kappa shape index (κ3) is 2.26. The van der Waals surface area contributed by atoms with Crippen LogP contribution in [-0.4, -0.2) is 15.2 Å². The van der Waals surface area contributed by atoms with Crippen LogP contribution >= 0.6 is 27.3 Å². The summed E-state index contributed by atoms with van der Waals surface area (Å²) in [6, 6.07) is 4.80. The Morgan fingerprint density at radius 1 is 1.37 bits per heavy atom. The van der Waals surface area contributed by atoms with E-state index in [-0.39, 0.29) is 5.82 Å². The highest BCUT2D eigenvalue weighted by molar-refractivity contribution is 9.10. The minimum atomic E-state index is -0.293. The van der Waals surface area contributed by atoms with Crippen LogP contribution in [-0.2, 0) is 0 Å². The molecular weight excluding hydrogens is 331 g/mol. The summed E-state index contributed by atoms with van der Waals surface area (Å²) in [7, 11) is 0. The smallest absolute Gasteiger partial charge is 0.137 e. The van der Waals surface area contributed by atoms with Gasteiger partial charge in [0.15, 0.2) is 0 Å². The number of thiazole rings is 1. The molecule has 7 heteroatoms. The first kappa shape index (κ1) is 12.3. The van der Waals surface area contributed by atoms with E-state index in [1.54, 1.807) is 18.3 Å². The molecule has 0 fully saturated rings. The molecule has 0 unspecified atom stereocenters. The molecule has 0 radical (unpaired) electrons. The number of hydrogen-bond acceptors (Lipinski definition) is 4. The van der Waals surface area contributed by atoms with E-state index in [1.165, 1.54) is 17.4 Å². The minimum absolute atomic E-state index is 0.293. The second-order valence-electron chi connectivity index (χ2n) is 3.86. The van der Waals surface area contributed by atoms with Gasteiger partial charge in [0.1, 0.15) is 16.6 Å². The van der Waals surface area contributed by atoms with Crippen LogP contribution in [0.2, 0.25) is 0 Å². The van der Waals surface area contributed by atoms with Gasteiger partial charge in [-0.2, -0.15) is 5.10 Å². The van der Waals surface area contributed by atoms with Gasteiger partial charge in [0.05, 0.1) is 21.9 Å². The largest absolute Gasteiger partial charge is 0.383 e. The summed E-state index contributed by atoms with van der Waals surface area (Å²) in [6.45, 7) is 0. The lowest BCUT2D eigenvalue weighted by Gasteiger charge is -1.99. The van der Waals surface area contributed by atoms with Gasteiger partial charge < -0.3 is 5.73 Å². The Morgan fingerprint density at radius 3 is 2.89 bits per heavy atom. The Labute approximate surface area is 120 Å². The lowest BCUT2D eigenvalue weighted by molar-refractivity contribution is 0.621. The van der Waals surface area contributed by atoms with Crippen molar-refractivity contribution in [3.63, 3.8) is 0 Å². The quantitative estimate of drug-likeness (QED) is 0.748. The molecule has 19 heavy (non-hydrogen) atoms. The summed E-state index contributed by atoms with van der Waals surface area (Å²) in [5, 5.41) is 9.22. The van der Waals surface area contributed by atoms with Gasteiger partial charge in [-0.3, -0.25) is 5.10 Å². The maximum absolute atomic E-state index is 13.2.